The number of carbonyl (C=O) groups is 1. The summed E-state index contributed by atoms with van der Waals surface area (Å²) in [5.41, 5.74) is 1.72. The lowest BCUT2D eigenvalue weighted by Crippen LogP contribution is -2.38. The first kappa shape index (κ1) is 15.5. The summed E-state index contributed by atoms with van der Waals surface area (Å²) in [6.07, 6.45) is 2.80. The Labute approximate surface area is 127 Å². The van der Waals surface area contributed by atoms with Gasteiger partial charge in [0.2, 0.25) is 15.9 Å². The van der Waals surface area contributed by atoms with Crippen molar-refractivity contribution in [2.75, 3.05) is 18.1 Å². The van der Waals surface area contributed by atoms with E-state index in [-0.39, 0.29) is 18.5 Å². The summed E-state index contributed by atoms with van der Waals surface area (Å²) in [6, 6.07) is 5.55. The zero-order chi connectivity index (χ0) is 14.9. The highest BCUT2D eigenvalue weighted by Crippen LogP contribution is 2.29. The fraction of sp³-hybridized carbons (Fsp3) is 0.462. The second-order valence-corrected chi connectivity index (χ2v) is 7.86. The number of benzene rings is 1. The van der Waals surface area contributed by atoms with Crippen LogP contribution in [0.25, 0.3) is 0 Å². The summed E-state index contributed by atoms with van der Waals surface area (Å²) >= 11 is 3.38. The summed E-state index contributed by atoms with van der Waals surface area (Å²) in [7, 11) is -3.35. The van der Waals surface area contributed by atoms with E-state index in [1.807, 2.05) is 19.1 Å². The average molecular weight is 361 g/mol. The largest absolute Gasteiger partial charge is 0.324 e. The van der Waals surface area contributed by atoms with E-state index in [0.29, 0.717) is 5.69 Å². The van der Waals surface area contributed by atoms with E-state index in [4.69, 9.17) is 0 Å². The van der Waals surface area contributed by atoms with E-state index in [1.165, 1.54) is 4.31 Å². The monoisotopic (exact) mass is 360 g/mol. The van der Waals surface area contributed by atoms with Crippen molar-refractivity contribution in [3.05, 3.63) is 28.2 Å². The molecule has 1 aliphatic carbocycles. The van der Waals surface area contributed by atoms with Gasteiger partial charge >= 0.3 is 0 Å². The molecular weight excluding hydrogens is 344 g/mol. The predicted molar refractivity (Wildman–Crippen MR) is 82.1 cm³/mol. The van der Waals surface area contributed by atoms with Gasteiger partial charge in [-0.15, -0.1) is 0 Å². The van der Waals surface area contributed by atoms with Crippen molar-refractivity contribution in [3.63, 3.8) is 0 Å². The van der Waals surface area contributed by atoms with Gasteiger partial charge in [0.1, 0.15) is 0 Å². The topological polar surface area (TPSA) is 66.5 Å². The SMILES string of the molecule is Cc1ccc(NC(=O)CN(C2CC2)S(C)(=O)=O)c(Br)c1. The number of carbonyl (C=O) groups excluding carboxylic acids is 1. The number of rotatable bonds is 5. The van der Waals surface area contributed by atoms with Crippen molar-refractivity contribution in [1.29, 1.82) is 0 Å². The van der Waals surface area contributed by atoms with Gasteiger partial charge in [-0.2, -0.15) is 4.31 Å². The molecular formula is C13H17BrN2O3S. The Morgan fingerprint density at radius 3 is 2.60 bits per heavy atom. The van der Waals surface area contributed by atoms with Crippen LogP contribution in [0.5, 0.6) is 0 Å². The van der Waals surface area contributed by atoms with Gasteiger partial charge in [0.05, 0.1) is 18.5 Å². The highest BCUT2D eigenvalue weighted by atomic mass is 79.9. The van der Waals surface area contributed by atoms with Gasteiger partial charge in [-0.3, -0.25) is 4.79 Å². The van der Waals surface area contributed by atoms with Gasteiger partial charge < -0.3 is 5.32 Å². The first-order valence-corrected chi connectivity index (χ1v) is 8.94. The molecule has 0 aromatic heterocycles. The van der Waals surface area contributed by atoms with Crippen molar-refractivity contribution in [2.24, 2.45) is 0 Å². The van der Waals surface area contributed by atoms with Crippen LogP contribution in [0.3, 0.4) is 0 Å². The quantitative estimate of drug-likeness (QED) is 0.874. The maximum atomic E-state index is 12.0. The standard InChI is InChI=1S/C13H17BrN2O3S/c1-9-3-6-12(11(14)7-9)15-13(17)8-16(10-4-5-10)20(2,18)19/h3,6-7,10H,4-5,8H2,1-2H3,(H,15,17). The van der Waals surface area contributed by atoms with Crippen LogP contribution in [0.1, 0.15) is 18.4 Å². The van der Waals surface area contributed by atoms with Crippen molar-refractivity contribution < 1.29 is 13.2 Å². The minimum absolute atomic E-state index is 0.0165. The molecule has 0 saturated heterocycles. The molecule has 110 valence electrons. The van der Waals surface area contributed by atoms with Crippen LogP contribution >= 0.6 is 15.9 Å². The van der Waals surface area contributed by atoms with E-state index in [1.54, 1.807) is 6.07 Å². The molecule has 1 saturated carbocycles. The van der Waals surface area contributed by atoms with Crippen LogP contribution in [-0.2, 0) is 14.8 Å². The molecule has 1 fully saturated rings. The highest BCUT2D eigenvalue weighted by molar-refractivity contribution is 9.10. The Kier molecular flexibility index (Phi) is 4.51. The first-order valence-electron chi connectivity index (χ1n) is 6.30. The van der Waals surface area contributed by atoms with Crippen molar-refractivity contribution >= 4 is 37.5 Å². The van der Waals surface area contributed by atoms with Gasteiger partial charge in [-0.1, -0.05) is 6.07 Å². The van der Waals surface area contributed by atoms with Crippen molar-refractivity contribution in [3.8, 4) is 0 Å². The number of anilines is 1. The summed E-state index contributed by atoms with van der Waals surface area (Å²) < 4.78 is 25.3. The van der Waals surface area contributed by atoms with Crippen LogP contribution in [0, 0.1) is 6.92 Å². The molecule has 0 heterocycles. The molecule has 0 spiro atoms. The lowest BCUT2D eigenvalue weighted by Gasteiger charge is -2.19. The third-order valence-corrected chi connectivity index (χ3v) is 5.01. The lowest BCUT2D eigenvalue weighted by atomic mass is 10.2. The van der Waals surface area contributed by atoms with E-state index in [9.17, 15) is 13.2 Å². The number of hydrogen-bond acceptors (Lipinski definition) is 3. The Balaban J connectivity index is 2.04. The molecule has 0 unspecified atom stereocenters. The van der Waals surface area contributed by atoms with Gasteiger partial charge in [0.25, 0.3) is 0 Å². The molecule has 2 rings (SSSR count). The van der Waals surface area contributed by atoms with Gasteiger partial charge in [-0.25, -0.2) is 8.42 Å². The normalized spacial score (nSPS) is 15.4. The Hall–Kier alpha value is -0.920. The molecule has 20 heavy (non-hydrogen) atoms. The molecule has 0 aliphatic heterocycles. The fourth-order valence-electron chi connectivity index (χ4n) is 1.93. The second-order valence-electron chi connectivity index (χ2n) is 5.07. The number of nitrogens with zero attached hydrogens (tertiary/aromatic N) is 1. The predicted octanol–water partition coefficient (Wildman–Crippen LogP) is 2.12. The van der Waals surface area contributed by atoms with E-state index in [0.717, 1.165) is 29.1 Å². The maximum absolute atomic E-state index is 12.0. The van der Waals surface area contributed by atoms with Gasteiger partial charge in [0.15, 0.2) is 0 Å². The van der Waals surface area contributed by atoms with Crippen molar-refractivity contribution in [1.82, 2.24) is 4.31 Å². The molecule has 5 nitrogen and oxygen atoms in total. The van der Waals surface area contributed by atoms with Gasteiger partial charge in [-0.05, 0) is 53.4 Å². The lowest BCUT2D eigenvalue weighted by molar-refractivity contribution is -0.116. The summed E-state index contributed by atoms with van der Waals surface area (Å²) in [5, 5.41) is 2.73. The number of nitrogens with one attached hydrogen (secondary N) is 1. The molecule has 0 atom stereocenters. The molecule has 1 N–H and O–H groups in total. The Morgan fingerprint density at radius 2 is 2.10 bits per heavy atom. The number of amides is 1. The maximum Gasteiger partial charge on any atom is 0.239 e. The number of sulfonamides is 1. The minimum Gasteiger partial charge on any atom is -0.324 e. The molecule has 7 heteroatoms. The third-order valence-electron chi connectivity index (χ3n) is 3.08. The molecule has 1 aliphatic rings. The molecule has 1 amide bonds. The average Bonchev–Trinajstić information content (AvgIpc) is 3.12. The van der Waals surface area contributed by atoms with Crippen LogP contribution < -0.4 is 5.32 Å². The Bertz CT molecular complexity index is 627. The van der Waals surface area contributed by atoms with Crippen LogP contribution in [0.15, 0.2) is 22.7 Å². The molecule has 1 aromatic rings. The number of hydrogen-bond donors (Lipinski definition) is 1. The first-order chi connectivity index (χ1) is 9.27. The third kappa shape index (κ3) is 4.04. The number of halogens is 1. The smallest absolute Gasteiger partial charge is 0.239 e. The zero-order valence-corrected chi connectivity index (χ0v) is 13.8. The summed E-state index contributed by atoms with van der Waals surface area (Å²) in [6.45, 7) is 1.82. The van der Waals surface area contributed by atoms with Crippen molar-refractivity contribution in [2.45, 2.75) is 25.8 Å². The molecule has 1 aromatic carbocycles. The molecule has 0 bridgehead atoms. The fourth-order valence-corrected chi connectivity index (χ4v) is 3.63. The Morgan fingerprint density at radius 1 is 1.45 bits per heavy atom. The van der Waals surface area contributed by atoms with Crippen LogP contribution in [0.4, 0.5) is 5.69 Å². The zero-order valence-electron chi connectivity index (χ0n) is 11.4. The summed E-state index contributed by atoms with van der Waals surface area (Å²) in [4.78, 5) is 12.0. The van der Waals surface area contributed by atoms with E-state index >= 15 is 0 Å². The molecule has 0 radical (unpaired) electrons. The summed E-state index contributed by atoms with van der Waals surface area (Å²) in [5.74, 6) is -0.327. The van der Waals surface area contributed by atoms with Gasteiger partial charge in [0, 0.05) is 10.5 Å². The van der Waals surface area contributed by atoms with E-state index < -0.39 is 10.0 Å². The minimum atomic E-state index is -3.35. The number of aryl methyl sites for hydroxylation is 1. The van der Waals surface area contributed by atoms with E-state index in [2.05, 4.69) is 21.2 Å². The van der Waals surface area contributed by atoms with Crippen LogP contribution in [0.2, 0.25) is 0 Å². The second kappa shape index (κ2) is 5.83. The van der Waals surface area contributed by atoms with Crippen LogP contribution in [-0.4, -0.2) is 37.5 Å². The highest BCUT2D eigenvalue weighted by Gasteiger charge is 2.36.